The van der Waals surface area contributed by atoms with Crippen molar-refractivity contribution in [2.24, 2.45) is 17.8 Å². The van der Waals surface area contributed by atoms with Crippen LogP contribution in [0.3, 0.4) is 0 Å². The van der Waals surface area contributed by atoms with Crippen molar-refractivity contribution in [2.75, 3.05) is 0 Å². The molecule has 0 radical (unpaired) electrons. The van der Waals surface area contributed by atoms with Gasteiger partial charge in [-0.05, 0) is 98.8 Å². The van der Waals surface area contributed by atoms with Gasteiger partial charge in [-0.25, -0.2) is 0 Å². The summed E-state index contributed by atoms with van der Waals surface area (Å²) in [6.07, 6.45) is 10.7. The summed E-state index contributed by atoms with van der Waals surface area (Å²) in [5, 5.41) is 0. The van der Waals surface area contributed by atoms with Crippen molar-refractivity contribution in [3.63, 3.8) is 0 Å². The van der Waals surface area contributed by atoms with Gasteiger partial charge in [-0.15, -0.1) is 0 Å². The van der Waals surface area contributed by atoms with E-state index in [1.165, 1.54) is 37.8 Å². The predicted octanol–water partition coefficient (Wildman–Crippen LogP) is 11.3. The lowest BCUT2D eigenvalue weighted by atomic mass is 9.73. The van der Waals surface area contributed by atoms with Crippen LogP contribution in [0.15, 0.2) is 47.7 Å². The van der Waals surface area contributed by atoms with E-state index in [-0.39, 0.29) is 5.92 Å². The fourth-order valence-electron chi connectivity index (χ4n) is 6.99. The summed E-state index contributed by atoms with van der Waals surface area (Å²) in [5.41, 5.74) is -0.373. The summed E-state index contributed by atoms with van der Waals surface area (Å²) in [6, 6.07) is 5.50. The Balaban J connectivity index is 1.41. The highest BCUT2D eigenvalue weighted by Gasteiger charge is 2.65. The number of ether oxygens (including phenoxy) is 1. The molecule has 4 rings (SSSR count). The van der Waals surface area contributed by atoms with Crippen molar-refractivity contribution in [3.05, 3.63) is 58.9 Å². The van der Waals surface area contributed by atoms with E-state index in [0.717, 1.165) is 50.2 Å². The largest absolute Gasteiger partial charge is 0.427 e. The molecule has 0 amide bonds. The van der Waals surface area contributed by atoms with E-state index in [1.54, 1.807) is 12.1 Å². The third kappa shape index (κ3) is 6.75. The van der Waals surface area contributed by atoms with Crippen molar-refractivity contribution in [1.29, 1.82) is 0 Å². The van der Waals surface area contributed by atoms with Crippen LogP contribution >= 0.6 is 0 Å². The lowest BCUT2D eigenvalue weighted by Gasteiger charge is -2.39. The minimum absolute atomic E-state index is 0.274. The Bertz CT molecular complexity index is 1010. The maximum Gasteiger partial charge on any atom is 0.426 e. The minimum Gasteiger partial charge on any atom is -0.427 e. The van der Waals surface area contributed by atoms with Crippen LogP contribution in [0.4, 0.5) is 26.3 Å². The summed E-state index contributed by atoms with van der Waals surface area (Å²) in [4.78, 5) is 0. The molecule has 0 saturated heterocycles. The van der Waals surface area contributed by atoms with Gasteiger partial charge in [0.2, 0.25) is 0 Å². The molecule has 2 saturated carbocycles. The molecular weight excluding hydrogens is 526 g/mol. The van der Waals surface area contributed by atoms with Gasteiger partial charge in [-0.3, -0.25) is 0 Å². The summed E-state index contributed by atoms with van der Waals surface area (Å²) >= 11 is 0. The average molecular weight is 571 g/mol. The predicted molar refractivity (Wildman–Crippen MR) is 147 cm³/mol. The second-order valence-electron chi connectivity index (χ2n) is 12.3. The van der Waals surface area contributed by atoms with Gasteiger partial charge in [0.15, 0.2) is 5.76 Å². The van der Waals surface area contributed by atoms with E-state index in [0.29, 0.717) is 43.6 Å². The first-order valence-electron chi connectivity index (χ1n) is 15.3. The number of hydrogen-bond acceptors (Lipinski definition) is 1. The van der Waals surface area contributed by atoms with Crippen molar-refractivity contribution in [3.8, 4) is 0 Å². The Morgan fingerprint density at radius 2 is 1.27 bits per heavy atom. The first-order chi connectivity index (χ1) is 19.0. The SMILES string of the molecule is CCCCCC1CCC(c2ccc(C(F)(F)OC3=CC=C(C4CCC(CCC)CC4)C(F)(F)C3(F)F)cc2)CC1. The van der Waals surface area contributed by atoms with Crippen molar-refractivity contribution < 1.29 is 31.1 Å². The fourth-order valence-corrected chi connectivity index (χ4v) is 6.99. The molecule has 1 nitrogen and oxygen atoms in total. The Labute approximate surface area is 235 Å². The molecule has 0 bridgehead atoms. The maximum atomic E-state index is 15.1. The maximum absolute atomic E-state index is 15.1. The zero-order valence-electron chi connectivity index (χ0n) is 23.8. The van der Waals surface area contributed by atoms with Crippen LogP contribution in [0.2, 0.25) is 0 Å². The molecule has 0 aliphatic heterocycles. The van der Waals surface area contributed by atoms with E-state index in [1.807, 2.05) is 0 Å². The monoisotopic (exact) mass is 570 g/mol. The minimum atomic E-state index is -4.86. The molecule has 224 valence electrons. The Kier molecular flexibility index (Phi) is 10.0. The van der Waals surface area contributed by atoms with Gasteiger partial charge in [0, 0.05) is 5.57 Å². The molecule has 40 heavy (non-hydrogen) atoms. The molecule has 7 heteroatoms. The van der Waals surface area contributed by atoms with Crippen LogP contribution in [-0.2, 0) is 10.8 Å². The molecule has 0 N–H and O–H groups in total. The lowest BCUT2D eigenvalue weighted by Crippen LogP contribution is -2.48. The zero-order valence-corrected chi connectivity index (χ0v) is 23.8. The van der Waals surface area contributed by atoms with Crippen LogP contribution < -0.4 is 0 Å². The van der Waals surface area contributed by atoms with Crippen LogP contribution in [0.25, 0.3) is 0 Å². The van der Waals surface area contributed by atoms with Gasteiger partial charge in [0.05, 0.1) is 5.56 Å². The quantitative estimate of drug-likeness (QED) is 0.190. The van der Waals surface area contributed by atoms with Crippen LogP contribution in [0.5, 0.6) is 0 Å². The highest BCUT2D eigenvalue weighted by atomic mass is 19.3. The number of unbranched alkanes of at least 4 members (excludes halogenated alkanes) is 2. The summed E-state index contributed by atoms with van der Waals surface area (Å²) in [6.45, 7) is 4.25. The van der Waals surface area contributed by atoms with E-state index >= 15 is 26.3 Å². The molecule has 2 fully saturated rings. The van der Waals surface area contributed by atoms with Crippen molar-refractivity contribution in [1.82, 2.24) is 0 Å². The highest BCUT2D eigenvalue weighted by Crippen LogP contribution is 2.54. The second kappa shape index (κ2) is 12.9. The molecule has 0 aromatic heterocycles. The van der Waals surface area contributed by atoms with E-state index in [9.17, 15) is 0 Å². The molecular formula is C33H44F6O. The first kappa shape index (κ1) is 31.0. The van der Waals surface area contributed by atoms with Crippen molar-refractivity contribution >= 4 is 0 Å². The average Bonchev–Trinajstić information content (AvgIpc) is 2.93. The number of benzene rings is 1. The number of allylic oxidation sites excluding steroid dienone is 4. The number of halogens is 6. The molecule has 0 atom stereocenters. The van der Waals surface area contributed by atoms with Crippen LogP contribution in [0.1, 0.15) is 121 Å². The van der Waals surface area contributed by atoms with E-state index < -0.39 is 40.8 Å². The Morgan fingerprint density at radius 3 is 1.85 bits per heavy atom. The fraction of sp³-hybridized carbons (Fsp3) is 0.697. The van der Waals surface area contributed by atoms with E-state index in [2.05, 4.69) is 18.6 Å². The lowest BCUT2D eigenvalue weighted by molar-refractivity contribution is -0.268. The standard InChI is InChI=1S/C33H44F6O/c1-3-5-6-8-24-9-13-25(14-10-24)26-17-19-28(20-18-26)33(38,39)40-30-22-21-29(31(34,35)32(30,36)37)27-15-11-23(7-4-2)12-16-27/h17-25,27H,3-16H2,1-2H3. The molecule has 0 unspecified atom stereocenters. The molecule has 1 aromatic carbocycles. The highest BCUT2D eigenvalue weighted by molar-refractivity contribution is 5.37. The third-order valence-corrected chi connectivity index (χ3v) is 9.48. The number of hydrogen-bond donors (Lipinski definition) is 0. The first-order valence-corrected chi connectivity index (χ1v) is 15.3. The topological polar surface area (TPSA) is 9.23 Å². The second-order valence-corrected chi connectivity index (χ2v) is 12.3. The summed E-state index contributed by atoms with van der Waals surface area (Å²) < 4.78 is 94.6. The number of rotatable bonds is 11. The summed E-state index contributed by atoms with van der Waals surface area (Å²) in [7, 11) is 0. The van der Waals surface area contributed by atoms with Gasteiger partial charge in [0.1, 0.15) is 0 Å². The molecule has 3 aliphatic rings. The van der Waals surface area contributed by atoms with Gasteiger partial charge in [-0.2, -0.15) is 26.3 Å². The van der Waals surface area contributed by atoms with E-state index in [4.69, 9.17) is 0 Å². The molecule has 0 spiro atoms. The van der Waals surface area contributed by atoms with Gasteiger partial charge in [-0.1, -0.05) is 70.6 Å². The summed E-state index contributed by atoms with van der Waals surface area (Å²) in [5.74, 6) is -10.4. The molecule has 1 aromatic rings. The van der Waals surface area contributed by atoms with Gasteiger partial charge < -0.3 is 4.74 Å². The van der Waals surface area contributed by atoms with Gasteiger partial charge >= 0.3 is 18.0 Å². The number of alkyl halides is 6. The zero-order chi connectivity index (χ0) is 29.0. The normalized spacial score (nSPS) is 28.5. The smallest absolute Gasteiger partial charge is 0.426 e. The molecule has 3 aliphatic carbocycles. The van der Waals surface area contributed by atoms with Crippen LogP contribution in [0, 0.1) is 17.8 Å². The Hall–Kier alpha value is -1.92. The van der Waals surface area contributed by atoms with Crippen LogP contribution in [-0.4, -0.2) is 11.8 Å². The Morgan fingerprint density at radius 1 is 0.700 bits per heavy atom. The molecule has 0 heterocycles. The van der Waals surface area contributed by atoms with Gasteiger partial charge in [0.25, 0.3) is 0 Å². The van der Waals surface area contributed by atoms with Crippen molar-refractivity contribution in [2.45, 2.75) is 128 Å². The third-order valence-electron chi connectivity index (χ3n) is 9.48.